The Morgan fingerprint density at radius 1 is 1.12 bits per heavy atom. The monoisotopic (exact) mass is 343 g/mol. The third kappa shape index (κ3) is 5.78. The molecule has 0 saturated heterocycles. The van der Waals surface area contributed by atoms with E-state index < -0.39 is 0 Å². The van der Waals surface area contributed by atoms with Crippen molar-refractivity contribution >= 4 is 11.7 Å². The molecule has 25 heavy (non-hydrogen) atoms. The van der Waals surface area contributed by atoms with Crippen LogP contribution < -0.4 is 10.1 Å². The van der Waals surface area contributed by atoms with Gasteiger partial charge < -0.3 is 14.5 Å². The summed E-state index contributed by atoms with van der Waals surface area (Å²) < 4.78 is 11.0. The van der Waals surface area contributed by atoms with Gasteiger partial charge in [0.05, 0.1) is 12.6 Å². The second-order valence-corrected chi connectivity index (χ2v) is 6.03. The van der Waals surface area contributed by atoms with Crippen molar-refractivity contribution in [3.8, 4) is 5.75 Å². The summed E-state index contributed by atoms with van der Waals surface area (Å²) in [6.45, 7) is 6.40. The number of hydrogen-bond donors (Lipinski definition) is 1. The molecule has 0 aliphatic heterocycles. The molecule has 1 heterocycles. The van der Waals surface area contributed by atoms with Gasteiger partial charge in [0.2, 0.25) is 5.91 Å². The molecule has 1 amide bonds. The molecule has 5 nitrogen and oxygen atoms in total. The molecule has 1 aromatic heterocycles. The molecule has 1 atom stereocenters. The average Bonchev–Trinajstić information content (AvgIpc) is 3.05. The van der Waals surface area contributed by atoms with Gasteiger partial charge in [-0.2, -0.15) is 0 Å². The summed E-state index contributed by atoms with van der Waals surface area (Å²) in [4.78, 5) is 24.2. The summed E-state index contributed by atoms with van der Waals surface area (Å²) >= 11 is 0. The molecule has 2 aromatic rings. The van der Waals surface area contributed by atoms with E-state index in [0.717, 1.165) is 17.9 Å². The fraction of sp³-hybridized carbons (Fsp3) is 0.400. The maximum atomic E-state index is 12.2. The Bertz CT molecular complexity index is 703. The largest absolute Gasteiger partial charge is 0.494 e. The lowest BCUT2D eigenvalue weighted by Crippen LogP contribution is -2.26. The first-order valence-corrected chi connectivity index (χ1v) is 8.61. The molecule has 0 fully saturated rings. The SMILES string of the molecule is CCCOc1ccc(C(=O)CCC(=O)NC(C)c2ccc(C)o2)cc1. The van der Waals surface area contributed by atoms with Crippen LogP contribution >= 0.6 is 0 Å². The minimum absolute atomic E-state index is 0.0568. The summed E-state index contributed by atoms with van der Waals surface area (Å²) in [6.07, 6.45) is 1.26. The Hall–Kier alpha value is -2.56. The highest BCUT2D eigenvalue weighted by molar-refractivity contribution is 5.98. The van der Waals surface area contributed by atoms with Gasteiger partial charge in [0, 0.05) is 18.4 Å². The van der Waals surface area contributed by atoms with Crippen LogP contribution in [0.5, 0.6) is 5.75 Å². The van der Waals surface area contributed by atoms with Gasteiger partial charge in [-0.15, -0.1) is 0 Å². The highest BCUT2D eigenvalue weighted by atomic mass is 16.5. The second-order valence-electron chi connectivity index (χ2n) is 6.03. The number of hydrogen-bond acceptors (Lipinski definition) is 4. The van der Waals surface area contributed by atoms with Crippen LogP contribution in [0, 0.1) is 6.92 Å². The van der Waals surface area contributed by atoms with Gasteiger partial charge in [0.1, 0.15) is 17.3 Å². The lowest BCUT2D eigenvalue weighted by Gasteiger charge is -2.11. The fourth-order valence-corrected chi connectivity index (χ4v) is 2.40. The highest BCUT2D eigenvalue weighted by Crippen LogP contribution is 2.17. The van der Waals surface area contributed by atoms with E-state index in [-0.39, 0.29) is 30.6 Å². The van der Waals surface area contributed by atoms with Crippen molar-refractivity contribution in [3.05, 3.63) is 53.5 Å². The first-order chi connectivity index (χ1) is 12.0. The zero-order chi connectivity index (χ0) is 18.2. The number of aryl methyl sites for hydroxylation is 1. The predicted molar refractivity (Wildman–Crippen MR) is 95.8 cm³/mol. The van der Waals surface area contributed by atoms with Gasteiger partial charge in [-0.3, -0.25) is 9.59 Å². The molecule has 5 heteroatoms. The Labute approximate surface area is 148 Å². The number of rotatable bonds is 9. The summed E-state index contributed by atoms with van der Waals surface area (Å²) in [5, 5.41) is 2.84. The minimum Gasteiger partial charge on any atom is -0.494 e. The molecule has 0 radical (unpaired) electrons. The fourth-order valence-electron chi connectivity index (χ4n) is 2.40. The molecule has 0 bridgehead atoms. The number of carbonyl (C=O) groups excluding carboxylic acids is 2. The molecule has 0 spiro atoms. The predicted octanol–water partition coefficient (Wildman–Crippen LogP) is 4.22. The van der Waals surface area contributed by atoms with Crippen molar-refractivity contribution in [3.63, 3.8) is 0 Å². The van der Waals surface area contributed by atoms with E-state index in [9.17, 15) is 9.59 Å². The van der Waals surface area contributed by atoms with Crippen molar-refractivity contribution in [2.24, 2.45) is 0 Å². The van der Waals surface area contributed by atoms with Crippen molar-refractivity contribution in [1.82, 2.24) is 5.32 Å². The Morgan fingerprint density at radius 2 is 1.84 bits per heavy atom. The molecule has 134 valence electrons. The summed E-state index contributed by atoms with van der Waals surface area (Å²) in [7, 11) is 0. The number of nitrogens with one attached hydrogen (secondary N) is 1. The van der Waals surface area contributed by atoms with Crippen molar-refractivity contribution in [1.29, 1.82) is 0 Å². The first kappa shape index (κ1) is 18.8. The molecule has 2 rings (SSSR count). The van der Waals surface area contributed by atoms with Crippen LogP contribution in [0.15, 0.2) is 40.8 Å². The number of Topliss-reactive ketones (excluding diaryl/α,β-unsaturated/α-hetero) is 1. The first-order valence-electron chi connectivity index (χ1n) is 8.61. The van der Waals surface area contributed by atoms with Gasteiger partial charge in [-0.05, 0) is 56.7 Å². The van der Waals surface area contributed by atoms with Crippen molar-refractivity contribution in [2.45, 2.75) is 46.1 Å². The van der Waals surface area contributed by atoms with Gasteiger partial charge in [0.25, 0.3) is 0 Å². The lowest BCUT2D eigenvalue weighted by atomic mass is 10.1. The highest BCUT2D eigenvalue weighted by Gasteiger charge is 2.14. The van der Waals surface area contributed by atoms with Gasteiger partial charge in [0.15, 0.2) is 5.78 Å². The molecule has 1 unspecified atom stereocenters. The van der Waals surface area contributed by atoms with Crippen LogP contribution in [0.2, 0.25) is 0 Å². The minimum atomic E-state index is -0.216. The van der Waals surface area contributed by atoms with Gasteiger partial charge in [-0.25, -0.2) is 0 Å². The third-order valence-corrected chi connectivity index (χ3v) is 3.79. The van der Waals surface area contributed by atoms with Gasteiger partial charge >= 0.3 is 0 Å². The quantitative estimate of drug-likeness (QED) is 0.692. The van der Waals surface area contributed by atoms with E-state index in [2.05, 4.69) is 5.32 Å². The van der Waals surface area contributed by atoms with E-state index in [1.165, 1.54) is 0 Å². The third-order valence-electron chi connectivity index (χ3n) is 3.79. The Morgan fingerprint density at radius 3 is 2.44 bits per heavy atom. The Balaban J connectivity index is 1.79. The van der Waals surface area contributed by atoms with Crippen LogP contribution in [0.4, 0.5) is 0 Å². The number of carbonyl (C=O) groups is 2. The smallest absolute Gasteiger partial charge is 0.221 e. The number of ether oxygens (including phenoxy) is 1. The van der Waals surface area contributed by atoms with E-state index in [1.54, 1.807) is 24.3 Å². The van der Waals surface area contributed by atoms with E-state index in [4.69, 9.17) is 9.15 Å². The number of furan rings is 1. The zero-order valence-corrected chi connectivity index (χ0v) is 15.0. The zero-order valence-electron chi connectivity index (χ0n) is 15.0. The maximum Gasteiger partial charge on any atom is 0.221 e. The molecule has 0 aliphatic rings. The normalized spacial score (nSPS) is 11.8. The van der Waals surface area contributed by atoms with E-state index in [1.807, 2.05) is 32.9 Å². The standard InChI is InChI=1S/C20H25NO4/c1-4-13-24-17-8-6-16(7-9-17)18(22)10-12-20(23)21-15(3)19-11-5-14(2)25-19/h5-9,11,15H,4,10,12-13H2,1-3H3,(H,21,23). The number of ketones is 1. The summed E-state index contributed by atoms with van der Waals surface area (Å²) in [5.74, 6) is 2.03. The molecule has 1 aromatic carbocycles. The molecule has 1 N–H and O–H groups in total. The van der Waals surface area contributed by atoms with Gasteiger partial charge in [-0.1, -0.05) is 6.92 Å². The van der Waals surface area contributed by atoms with E-state index >= 15 is 0 Å². The molecule has 0 saturated carbocycles. The molecular weight excluding hydrogens is 318 g/mol. The van der Waals surface area contributed by atoms with Crippen molar-refractivity contribution in [2.75, 3.05) is 6.61 Å². The van der Waals surface area contributed by atoms with Crippen LogP contribution in [-0.2, 0) is 4.79 Å². The van der Waals surface area contributed by atoms with Crippen LogP contribution in [-0.4, -0.2) is 18.3 Å². The molecular formula is C20H25NO4. The average molecular weight is 343 g/mol. The second kappa shape index (κ2) is 9.06. The van der Waals surface area contributed by atoms with Crippen molar-refractivity contribution < 1.29 is 18.7 Å². The molecule has 0 aliphatic carbocycles. The van der Waals surface area contributed by atoms with Crippen LogP contribution in [0.1, 0.15) is 61.0 Å². The van der Waals surface area contributed by atoms with Crippen LogP contribution in [0.3, 0.4) is 0 Å². The topological polar surface area (TPSA) is 68.5 Å². The number of benzene rings is 1. The summed E-state index contributed by atoms with van der Waals surface area (Å²) in [5.41, 5.74) is 0.589. The Kier molecular flexibility index (Phi) is 6.81. The lowest BCUT2D eigenvalue weighted by molar-refractivity contribution is -0.121. The number of amides is 1. The van der Waals surface area contributed by atoms with E-state index in [0.29, 0.717) is 17.9 Å². The maximum absolute atomic E-state index is 12.2. The summed E-state index contributed by atoms with van der Waals surface area (Å²) in [6, 6.07) is 10.5. The van der Waals surface area contributed by atoms with Crippen LogP contribution in [0.25, 0.3) is 0 Å².